The monoisotopic (exact) mass is 357 g/mol. The van der Waals surface area contributed by atoms with Crippen LogP contribution in [0.4, 0.5) is 5.69 Å². The second-order valence-electron chi connectivity index (χ2n) is 5.11. The lowest BCUT2D eigenvalue weighted by atomic mass is 10.1. The van der Waals surface area contributed by atoms with Gasteiger partial charge in [-0.05, 0) is 30.3 Å². The van der Waals surface area contributed by atoms with Crippen LogP contribution in [0.2, 0.25) is 5.02 Å². The Kier molecular flexibility index (Phi) is 4.49. The Balaban J connectivity index is 2.03. The molecule has 0 N–H and O–H groups in total. The predicted octanol–water partition coefficient (Wildman–Crippen LogP) is 3.89. The lowest BCUT2D eigenvalue weighted by Gasteiger charge is -2.09. The number of rotatable bonds is 4. The maximum atomic E-state index is 11.5. The highest BCUT2D eigenvalue weighted by Gasteiger charge is 2.16. The molecule has 0 unspecified atom stereocenters. The number of nitrogens with zero attached hydrogens (tertiary/aromatic N) is 3. The predicted molar refractivity (Wildman–Crippen MR) is 92.0 cm³/mol. The quantitative estimate of drug-likeness (QED) is 0.401. The Bertz CT molecular complexity index is 951. The van der Waals surface area contributed by atoms with Crippen LogP contribution < -0.4 is 0 Å². The summed E-state index contributed by atoms with van der Waals surface area (Å²) >= 11 is 5.86. The summed E-state index contributed by atoms with van der Waals surface area (Å²) in [6.45, 7) is 0. The number of esters is 1. The Morgan fingerprint density at radius 2 is 1.96 bits per heavy atom. The summed E-state index contributed by atoms with van der Waals surface area (Å²) in [6.07, 6.45) is 3.18. The van der Waals surface area contributed by atoms with E-state index in [1.54, 1.807) is 47.4 Å². The number of benzene rings is 2. The maximum Gasteiger partial charge on any atom is 0.337 e. The zero-order valence-corrected chi connectivity index (χ0v) is 13.8. The molecule has 25 heavy (non-hydrogen) atoms. The van der Waals surface area contributed by atoms with E-state index in [1.165, 1.54) is 19.2 Å². The van der Waals surface area contributed by atoms with Crippen molar-refractivity contribution in [2.45, 2.75) is 0 Å². The number of ether oxygens (including phenoxy) is 1. The van der Waals surface area contributed by atoms with Gasteiger partial charge in [-0.25, -0.2) is 9.78 Å². The molecule has 0 atom stereocenters. The van der Waals surface area contributed by atoms with Crippen LogP contribution in [0.15, 0.2) is 55.0 Å². The van der Waals surface area contributed by atoms with Gasteiger partial charge in [-0.15, -0.1) is 0 Å². The Hall–Kier alpha value is -3.19. The van der Waals surface area contributed by atoms with E-state index in [0.717, 1.165) is 5.69 Å². The first-order chi connectivity index (χ1) is 12.0. The minimum atomic E-state index is -0.530. The molecule has 0 aliphatic rings. The smallest absolute Gasteiger partial charge is 0.337 e. The zero-order chi connectivity index (χ0) is 18.0. The molecule has 1 heterocycles. The van der Waals surface area contributed by atoms with Crippen molar-refractivity contribution in [3.05, 3.63) is 75.7 Å². The SMILES string of the molecule is COC(=O)c1ccc(-n2cncc2-c2ccc(Cl)c([N+](=O)[O-])c2)cc1. The Labute approximate surface area is 147 Å². The van der Waals surface area contributed by atoms with Crippen molar-refractivity contribution in [1.82, 2.24) is 9.55 Å². The molecule has 0 fully saturated rings. The van der Waals surface area contributed by atoms with E-state index < -0.39 is 10.9 Å². The number of hydrogen-bond acceptors (Lipinski definition) is 5. The third-order valence-electron chi connectivity index (χ3n) is 3.64. The second-order valence-corrected chi connectivity index (χ2v) is 5.52. The standard InChI is InChI=1S/C17H12ClN3O4/c1-25-17(22)11-2-5-13(6-3-11)20-10-19-9-16(20)12-4-7-14(18)15(8-12)21(23)24/h2-10H,1H3. The molecule has 0 bridgehead atoms. The molecule has 0 radical (unpaired) electrons. The fourth-order valence-corrected chi connectivity index (χ4v) is 2.59. The van der Waals surface area contributed by atoms with Gasteiger partial charge in [0.15, 0.2) is 0 Å². The first-order valence-corrected chi connectivity index (χ1v) is 7.54. The second kappa shape index (κ2) is 6.74. The summed E-state index contributed by atoms with van der Waals surface area (Å²) in [6, 6.07) is 11.3. The molecule has 1 aromatic heterocycles. The number of halogens is 1. The fraction of sp³-hybridized carbons (Fsp3) is 0.0588. The molecule has 0 aliphatic carbocycles. The molecule has 0 saturated carbocycles. The number of carbonyl (C=O) groups is 1. The fourth-order valence-electron chi connectivity index (χ4n) is 2.40. The van der Waals surface area contributed by atoms with Crippen LogP contribution in [0.5, 0.6) is 0 Å². The Morgan fingerprint density at radius 3 is 2.60 bits per heavy atom. The zero-order valence-electron chi connectivity index (χ0n) is 13.0. The lowest BCUT2D eigenvalue weighted by molar-refractivity contribution is -0.384. The third kappa shape index (κ3) is 3.22. The van der Waals surface area contributed by atoms with Crippen molar-refractivity contribution in [2.24, 2.45) is 0 Å². The van der Waals surface area contributed by atoms with Gasteiger partial charge in [0.1, 0.15) is 5.02 Å². The van der Waals surface area contributed by atoms with Gasteiger partial charge < -0.3 is 4.74 Å². The van der Waals surface area contributed by atoms with E-state index in [4.69, 9.17) is 11.6 Å². The van der Waals surface area contributed by atoms with Gasteiger partial charge in [0.2, 0.25) is 0 Å². The summed E-state index contributed by atoms with van der Waals surface area (Å²) in [7, 11) is 1.32. The van der Waals surface area contributed by atoms with E-state index in [0.29, 0.717) is 16.8 Å². The molecule has 0 saturated heterocycles. The maximum absolute atomic E-state index is 11.5. The normalized spacial score (nSPS) is 10.5. The first kappa shape index (κ1) is 16.7. The van der Waals surface area contributed by atoms with Crippen molar-refractivity contribution in [2.75, 3.05) is 7.11 Å². The average molecular weight is 358 g/mol. The average Bonchev–Trinajstić information content (AvgIpc) is 3.11. The van der Waals surface area contributed by atoms with Gasteiger partial charge in [0.05, 0.1) is 35.8 Å². The summed E-state index contributed by atoms with van der Waals surface area (Å²) in [5, 5.41) is 11.2. The highest BCUT2D eigenvalue weighted by molar-refractivity contribution is 6.32. The van der Waals surface area contributed by atoms with Gasteiger partial charge >= 0.3 is 5.97 Å². The van der Waals surface area contributed by atoms with Crippen molar-refractivity contribution in [3.63, 3.8) is 0 Å². The lowest BCUT2D eigenvalue weighted by Crippen LogP contribution is -2.02. The van der Waals surface area contributed by atoms with Crippen molar-refractivity contribution in [1.29, 1.82) is 0 Å². The molecule has 0 aliphatic heterocycles. The molecule has 126 valence electrons. The summed E-state index contributed by atoms with van der Waals surface area (Å²) in [5.74, 6) is -0.425. The van der Waals surface area contributed by atoms with Gasteiger partial charge in [0.25, 0.3) is 5.69 Å². The number of imidazole rings is 1. The van der Waals surface area contributed by atoms with Crippen molar-refractivity contribution in [3.8, 4) is 16.9 Å². The minimum absolute atomic E-state index is 0.0715. The first-order valence-electron chi connectivity index (χ1n) is 7.16. The van der Waals surface area contributed by atoms with Gasteiger partial charge in [-0.1, -0.05) is 17.7 Å². The summed E-state index contributed by atoms with van der Waals surface area (Å²) in [5.41, 5.74) is 2.26. The highest BCUT2D eigenvalue weighted by atomic mass is 35.5. The van der Waals surface area contributed by atoms with E-state index in [-0.39, 0.29) is 10.7 Å². The molecule has 0 amide bonds. The van der Waals surface area contributed by atoms with Gasteiger partial charge in [0, 0.05) is 17.3 Å². The van der Waals surface area contributed by atoms with Crippen LogP contribution in [0, 0.1) is 10.1 Å². The highest BCUT2D eigenvalue weighted by Crippen LogP contribution is 2.31. The molecular weight excluding hydrogens is 346 g/mol. The van der Waals surface area contributed by atoms with Crippen LogP contribution in [0.3, 0.4) is 0 Å². The van der Waals surface area contributed by atoms with Crippen LogP contribution in [-0.4, -0.2) is 27.6 Å². The van der Waals surface area contributed by atoms with Gasteiger partial charge in [-0.2, -0.15) is 0 Å². The molecule has 3 rings (SSSR count). The van der Waals surface area contributed by atoms with Crippen molar-refractivity contribution < 1.29 is 14.5 Å². The van der Waals surface area contributed by atoms with Crippen LogP contribution in [0.25, 0.3) is 16.9 Å². The van der Waals surface area contributed by atoms with Gasteiger partial charge in [-0.3, -0.25) is 14.7 Å². The van der Waals surface area contributed by atoms with E-state index in [1.807, 2.05) is 0 Å². The number of nitro groups is 1. The van der Waals surface area contributed by atoms with Crippen LogP contribution >= 0.6 is 11.6 Å². The molecule has 2 aromatic carbocycles. The van der Waals surface area contributed by atoms with E-state index in [2.05, 4.69) is 9.72 Å². The number of aromatic nitrogens is 2. The number of hydrogen-bond donors (Lipinski definition) is 0. The largest absolute Gasteiger partial charge is 0.465 e. The summed E-state index contributed by atoms with van der Waals surface area (Å²) < 4.78 is 6.43. The molecular formula is C17H12ClN3O4. The number of nitro benzene ring substituents is 1. The number of methoxy groups -OCH3 is 1. The summed E-state index contributed by atoms with van der Waals surface area (Å²) in [4.78, 5) is 26.2. The molecule has 7 nitrogen and oxygen atoms in total. The van der Waals surface area contributed by atoms with Crippen molar-refractivity contribution >= 4 is 23.3 Å². The molecule has 0 spiro atoms. The van der Waals surface area contributed by atoms with E-state index in [9.17, 15) is 14.9 Å². The topological polar surface area (TPSA) is 87.3 Å². The van der Waals surface area contributed by atoms with E-state index >= 15 is 0 Å². The Morgan fingerprint density at radius 1 is 1.24 bits per heavy atom. The minimum Gasteiger partial charge on any atom is -0.465 e. The third-order valence-corrected chi connectivity index (χ3v) is 3.96. The number of carbonyl (C=O) groups excluding carboxylic acids is 1. The molecule has 3 aromatic rings. The van der Waals surface area contributed by atoms with Crippen LogP contribution in [-0.2, 0) is 4.74 Å². The van der Waals surface area contributed by atoms with Crippen LogP contribution in [0.1, 0.15) is 10.4 Å². The molecule has 8 heteroatoms.